The highest BCUT2D eigenvalue weighted by Gasteiger charge is 2.36. The van der Waals surface area contributed by atoms with Crippen LogP contribution in [0.3, 0.4) is 0 Å². The van der Waals surface area contributed by atoms with Crippen LogP contribution in [0.2, 0.25) is 10.0 Å². The van der Waals surface area contributed by atoms with Crippen LogP contribution in [-0.2, 0) is 10.4 Å². The molecule has 0 aromatic heterocycles. The fourth-order valence-electron chi connectivity index (χ4n) is 6.13. The third-order valence-corrected chi connectivity index (χ3v) is 9.16. The average molecular weight is 595 g/mol. The molecule has 1 unspecified atom stereocenters. The number of likely N-dealkylation sites (tertiary alicyclic amines) is 1. The number of piperidine rings is 1. The predicted octanol–water partition coefficient (Wildman–Crippen LogP) is 6.01. The first-order chi connectivity index (χ1) is 19.6. The molecule has 0 bridgehead atoms. The van der Waals surface area contributed by atoms with Crippen LogP contribution in [-0.4, -0.2) is 70.9 Å². The Labute approximate surface area is 252 Å². The van der Waals surface area contributed by atoms with Crippen molar-refractivity contribution in [2.75, 3.05) is 39.3 Å². The van der Waals surface area contributed by atoms with Gasteiger partial charge in [0, 0.05) is 51.3 Å². The first-order valence-corrected chi connectivity index (χ1v) is 15.0. The Morgan fingerprint density at radius 2 is 1.56 bits per heavy atom. The number of piperazine rings is 1. The van der Waals surface area contributed by atoms with Gasteiger partial charge in [-0.15, -0.1) is 0 Å². The molecule has 41 heavy (non-hydrogen) atoms. The second-order valence-electron chi connectivity index (χ2n) is 11.4. The van der Waals surface area contributed by atoms with E-state index in [9.17, 15) is 14.7 Å². The zero-order valence-electron chi connectivity index (χ0n) is 23.7. The molecule has 3 aromatic carbocycles. The molecule has 5 rings (SSSR count). The van der Waals surface area contributed by atoms with E-state index in [0.717, 1.165) is 35.3 Å². The second kappa shape index (κ2) is 12.5. The normalized spacial score (nSPS) is 19.3. The molecule has 3 aromatic rings. The van der Waals surface area contributed by atoms with Crippen molar-refractivity contribution in [2.24, 2.45) is 0 Å². The number of halogens is 2. The number of aryl methyl sites for hydroxylation is 2. The lowest BCUT2D eigenvalue weighted by atomic mass is 9.84. The minimum Gasteiger partial charge on any atom is -0.385 e. The number of aliphatic hydroxyl groups is 1. The smallest absolute Gasteiger partial charge is 0.254 e. The minimum atomic E-state index is -0.820. The number of amides is 2. The summed E-state index contributed by atoms with van der Waals surface area (Å²) in [5, 5.41) is 12.0. The fourth-order valence-corrected chi connectivity index (χ4v) is 6.44. The van der Waals surface area contributed by atoms with Crippen LogP contribution in [0.4, 0.5) is 0 Å². The van der Waals surface area contributed by atoms with E-state index < -0.39 is 5.60 Å². The van der Waals surface area contributed by atoms with Gasteiger partial charge in [0.05, 0.1) is 21.7 Å². The monoisotopic (exact) mass is 593 g/mol. The molecule has 2 aliphatic heterocycles. The van der Waals surface area contributed by atoms with Crippen molar-refractivity contribution in [1.29, 1.82) is 0 Å². The van der Waals surface area contributed by atoms with E-state index in [1.54, 1.807) is 12.1 Å². The maximum absolute atomic E-state index is 13.6. The lowest BCUT2D eigenvalue weighted by molar-refractivity contribution is -0.136. The van der Waals surface area contributed by atoms with Crippen LogP contribution < -0.4 is 0 Å². The van der Waals surface area contributed by atoms with E-state index in [2.05, 4.69) is 11.0 Å². The molecular weight excluding hydrogens is 557 g/mol. The Balaban J connectivity index is 1.27. The van der Waals surface area contributed by atoms with Gasteiger partial charge in [-0.05, 0) is 62.1 Å². The summed E-state index contributed by atoms with van der Waals surface area (Å²) in [4.78, 5) is 33.1. The molecular formula is C33H37Cl2N3O3. The first-order valence-electron chi connectivity index (χ1n) is 14.3. The lowest BCUT2D eigenvalue weighted by Gasteiger charge is -2.42. The van der Waals surface area contributed by atoms with Gasteiger partial charge >= 0.3 is 0 Å². The summed E-state index contributed by atoms with van der Waals surface area (Å²) in [7, 11) is 0. The predicted molar refractivity (Wildman–Crippen MR) is 163 cm³/mol. The summed E-state index contributed by atoms with van der Waals surface area (Å²) in [5.74, 6) is 0.0108. The first kappa shape index (κ1) is 29.6. The van der Waals surface area contributed by atoms with Crippen molar-refractivity contribution in [2.45, 2.75) is 44.8 Å². The van der Waals surface area contributed by atoms with Crippen LogP contribution in [0.1, 0.15) is 57.9 Å². The van der Waals surface area contributed by atoms with E-state index in [-0.39, 0.29) is 17.9 Å². The highest BCUT2D eigenvalue weighted by Crippen LogP contribution is 2.34. The van der Waals surface area contributed by atoms with Crippen molar-refractivity contribution in [3.63, 3.8) is 0 Å². The number of benzene rings is 3. The molecule has 2 amide bonds. The van der Waals surface area contributed by atoms with Crippen LogP contribution in [0.25, 0.3) is 0 Å². The quantitative estimate of drug-likeness (QED) is 0.380. The van der Waals surface area contributed by atoms with Crippen molar-refractivity contribution in [3.05, 3.63) is 105 Å². The molecule has 1 atom stereocenters. The Kier molecular flexibility index (Phi) is 9.05. The molecule has 0 radical (unpaired) electrons. The maximum atomic E-state index is 13.6. The van der Waals surface area contributed by atoms with Crippen LogP contribution in [0.15, 0.2) is 66.7 Å². The van der Waals surface area contributed by atoms with Gasteiger partial charge in [-0.1, -0.05) is 76.8 Å². The van der Waals surface area contributed by atoms with Crippen molar-refractivity contribution in [1.82, 2.24) is 14.7 Å². The SMILES string of the molecule is Cc1cc(C)cc(C(=O)N2CCN(C(=O)CCN3CCC(O)(c4ccccc4)CC3)C(c3ccc(Cl)c(Cl)c3)C2)c1. The molecule has 2 fully saturated rings. The van der Waals surface area contributed by atoms with Gasteiger partial charge in [-0.2, -0.15) is 0 Å². The van der Waals surface area contributed by atoms with Crippen molar-refractivity contribution >= 4 is 35.0 Å². The van der Waals surface area contributed by atoms with Crippen molar-refractivity contribution < 1.29 is 14.7 Å². The molecule has 1 N–H and O–H groups in total. The zero-order chi connectivity index (χ0) is 29.1. The van der Waals surface area contributed by atoms with Gasteiger partial charge in [0.1, 0.15) is 0 Å². The number of carbonyl (C=O) groups is 2. The fraction of sp³-hybridized carbons (Fsp3) is 0.394. The molecule has 8 heteroatoms. The average Bonchev–Trinajstić information content (AvgIpc) is 2.97. The number of nitrogens with zero attached hydrogens (tertiary/aromatic N) is 3. The summed E-state index contributed by atoms with van der Waals surface area (Å²) >= 11 is 12.6. The minimum absolute atomic E-state index is 0.0341. The number of hydrogen-bond acceptors (Lipinski definition) is 4. The van der Waals surface area contributed by atoms with E-state index in [4.69, 9.17) is 23.2 Å². The standard InChI is InChI=1S/C33H37Cl2N3O3/c1-23-18-24(2)20-26(19-23)32(40)37-16-17-38(30(22-37)25-8-9-28(34)29(35)21-25)31(39)10-13-36-14-11-33(41,12-15-36)27-6-4-3-5-7-27/h3-9,18-21,30,41H,10-17,22H2,1-2H3. The molecule has 2 aliphatic rings. The maximum Gasteiger partial charge on any atom is 0.254 e. The molecule has 2 heterocycles. The molecule has 0 saturated carbocycles. The molecule has 216 valence electrons. The van der Waals surface area contributed by atoms with Crippen LogP contribution >= 0.6 is 23.2 Å². The largest absolute Gasteiger partial charge is 0.385 e. The molecule has 6 nitrogen and oxygen atoms in total. The third kappa shape index (κ3) is 6.78. The van der Waals surface area contributed by atoms with E-state index in [0.29, 0.717) is 61.1 Å². The van der Waals surface area contributed by atoms with Gasteiger partial charge in [0.25, 0.3) is 5.91 Å². The van der Waals surface area contributed by atoms with Crippen LogP contribution in [0.5, 0.6) is 0 Å². The highest BCUT2D eigenvalue weighted by atomic mass is 35.5. The summed E-state index contributed by atoms with van der Waals surface area (Å²) in [6.07, 6.45) is 1.64. The zero-order valence-corrected chi connectivity index (χ0v) is 25.2. The number of hydrogen-bond donors (Lipinski definition) is 1. The van der Waals surface area contributed by atoms with E-state index >= 15 is 0 Å². The second-order valence-corrected chi connectivity index (χ2v) is 12.2. The van der Waals surface area contributed by atoms with E-state index in [1.165, 1.54) is 0 Å². The molecule has 0 aliphatic carbocycles. The summed E-state index contributed by atoms with van der Waals surface area (Å²) in [6, 6.07) is 20.8. The molecule has 2 saturated heterocycles. The Bertz CT molecular complexity index is 1390. The highest BCUT2D eigenvalue weighted by molar-refractivity contribution is 6.42. The number of rotatable bonds is 6. The number of carbonyl (C=O) groups excluding carboxylic acids is 2. The van der Waals surface area contributed by atoms with Gasteiger partial charge in [-0.3, -0.25) is 9.59 Å². The topological polar surface area (TPSA) is 64.1 Å². The van der Waals surface area contributed by atoms with E-state index in [1.807, 2.05) is 72.2 Å². The Morgan fingerprint density at radius 1 is 0.878 bits per heavy atom. The van der Waals surface area contributed by atoms with Gasteiger partial charge in [0.2, 0.25) is 5.91 Å². The summed E-state index contributed by atoms with van der Waals surface area (Å²) < 4.78 is 0. The van der Waals surface area contributed by atoms with Gasteiger partial charge < -0.3 is 19.8 Å². The third-order valence-electron chi connectivity index (χ3n) is 8.42. The molecule has 0 spiro atoms. The Hall–Kier alpha value is -2.90. The Morgan fingerprint density at radius 3 is 2.22 bits per heavy atom. The van der Waals surface area contributed by atoms with Gasteiger partial charge in [0.15, 0.2) is 0 Å². The van der Waals surface area contributed by atoms with Crippen LogP contribution in [0, 0.1) is 13.8 Å². The summed E-state index contributed by atoms with van der Waals surface area (Å²) in [6.45, 7) is 7.34. The van der Waals surface area contributed by atoms with Crippen molar-refractivity contribution in [3.8, 4) is 0 Å². The van der Waals surface area contributed by atoms with Gasteiger partial charge in [-0.25, -0.2) is 0 Å². The summed E-state index contributed by atoms with van der Waals surface area (Å²) in [5.41, 5.74) is 3.74. The lowest BCUT2D eigenvalue weighted by Crippen LogP contribution is -2.53.